The summed E-state index contributed by atoms with van der Waals surface area (Å²) < 4.78 is 41.9. The van der Waals surface area contributed by atoms with Crippen LogP contribution in [-0.4, -0.2) is 49.9 Å². The van der Waals surface area contributed by atoms with E-state index < -0.39 is 35.1 Å². The van der Waals surface area contributed by atoms with Gasteiger partial charge in [-0.15, -0.1) is 0 Å². The Kier molecular flexibility index (Phi) is 9.49. The summed E-state index contributed by atoms with van der Waals surface area (Å²) in [6, 6.07) is 12.7. The predicted molar refractivity (Wildman–Crippen MR) is 148 cm³/mol. The second kappa shape index (κ2) is 12.2. The first kappa shape index (κ1) is 30.2. The molecule has 0 saturated carbocycles. The maximum Gasteiger partial charge on any atom is 0.326 e. The molecule has 0 saturated heterocycles. The average molecular weight is 610 g/mol. The van der Waals surface area contributed by atoms with Crippen molar-refractivity contribution in [3.63, 3.8) is 0 Å². The number of phenols is 1. The fourth-order valence-electron chi connectivity index (χ4n) is 3.49. The number of aromatic hydroxyl groups is 1. The van der Waals surface area contributed by atoms with E-state index in [2.05, 4.69) is 16.9 Å². The van der Waals surface area contributed by atoms with Crippen LogP contribution in [0.5, 0.6) is 5.75 Å². The number of hydrogen-bond acceptors (Lipinski definition) is 7. The number of nitrogens with one attached hydrogen (secondary N) is 1. The molecule has 0 aliphatic carbocycles. The van der Waals surface area contributed by atoms with E-state index in [0.29, 0.717) is 5.56 Å². The molecule has 204 valence electrons. The van der Waals surface area contributed by atoms with Gasteiger partial charge in [0.25, 0.3) is 5.91 Å². The van der Waals surface area contributed by atoms with Crippen molar-refractivity contribution < 1.29 is 37.3 Å². The first-order valence-corrected chi connectivity index (χ1v) is 15.3. The number of carbonyl (C=O) groups excluding carboxylic acids is 1. The van der Waals surface area contributed by atoms with E-state index in [0.717, 1.165) is 6.26 Å². The fourth-order valence-corrected chi connectivity index (χ4v) is 6.18. The average Bonchev–Trinajstić information content (AvgIpc) is 2.86. The van der Waals surface area contributed by atoms with Crippen molar-refractivity contribution in [1.29, 1.82) is 0 Å². The lowest BCUT2D eigenvalue weighted by molar-refractivity contribution is -0.139. The zero-order valence-corrected chi connectivity index (χ0v) is 23.7. The third-order valence-corrected chi connectivity index (χ3v) is 9.08. The molecule has 0 aromatic heterocycles. The molecule has 13 heteroatoms. The minimum absolute atomic E-state index is 0.00924. The molecule has 0 aliphatic heterocycles. The summed E-state index contributed by atoms with van der Waals surface area (Å²) in [6.45, 7) is 0. The standard InChI is InChI=1S/C26H22Cl2NO8PS/c1-37-38(34,23-9-4-3-8-22(23)30)11-10-17-13-19(27)24(20(28)14-17)25(31)29-21(26(32)33)15-16-6-5-7-18(12-16)39(2,35)36/h3-9,12-14,21,30H,15H2,1-2H3,(H,29,31)(H,32,33)/t21-,38?/m0/s1. The molecule has 39 heavy (non-hydrogen) atoms. The largest absolute Gasteiger partial charge is 0.507 e. The smallest absolute Gasteiger partial charge is 0.326 e. The van der Waals surface area contributed by atoms with Crippen LogP contribution in [0, 0.1) is 11.6 Å². The molecule has 3 N–H and O–H groups in total. The molecule has 0 aliphatic rings. The zero-order chi connectivity index (χ0) is 29.0. The molecule has 0 bridgehead atoms. The summed E-state index contributed by atoms with van der Waals surface area (Å²) in [5.74, 6) is 0.132. The van der Waals surface area contributed by atoms with Crippen LogP contribution in [0.3, 0.4) is 0 Å². The van der Waals surface area contributed by atoms with Crippen LogP contribution in [0.1, 0.15) is 21.5 Å². The number of halogens is 2. The van der Waals surface area contributed by atoms with Crippen LogP contribution in [0.2, 0.25) is 10.0 Å². The van der Waals surface area contributed by atoms with E-state index in [9.17, 15) is 32.8 Å². The van der Waals surface area contributed by atoms with Crippen molar-refractivity contribution in [3.05, 3.63) is 87.4 Å². The molecular formula is C26H22Cl2NO8PS. The number of carbonyl (C=O) groups is 2. The van der Waals surface area contributed by atoms with Crippen LogP contribution < -0.4 is 10.6 Å². The Bertz CT molecular complexity index is 1640. The Labute approximate surface area is 235 Å². The first-order valence-electron chi connectivity index (χ1n) is 11.0. The summed E-state index contributed by atoms with van der Waals surface area (Å²) in [5.41, 5.74) is 2.84. The lowest BCUT2D eigenvalue weighted by atomic mass is 10.0. The maximum atomic E-state index is 13.2. The quantitative estimate of drug-likeness (QED) is 0.255. The number of para-hydroxylation sites is 1. The lowest BCUT2D eigenvalue weighted by Crippen LogP contribution is -2.42. The van der Waals surface area contributed by atoms with Crippen molar-refractivity contribution in [1.82, 2.24) is 5.32 Å². The van der Waals surface area contributed by atoms with Crippen molar-refractivity contribution in [2.75, 3.05) is 13.4 Å². The summed E-state index contributed by atoms with van der Waals surface area (Å²) in [7, 11) is -6.10. The zero-order valence-electron chi connectivity index (χ0n) is 20.5. The summed E-state index contributed by atoms with van der Waals surface area (Å²) in [4.78, 5) is 24.8. The van der Waals surface area contributed by atoms with Crippen molar-refractivity contribution in [2.24, 2.45) is 0 Å². The number of hydrogen-bond donors (Lipinski definition) is 3. The SMILES string of the molecule is COP(=O)(C#Cc1cc(Cl)c(C(=O)N[C@@H](Cc2cccc(S(C)(=O)=O)c2)C(=O)O)c(Cl)c1)c1ccccc1O. The van der Waals surface area contributed by atoms with E-state index in [1.54, 1.807) is 12.1 Å². The van der Waals surface area contributed by atoms with Gasteiger partial charge in [0.05, 0.1) is 25.8 Å². The molecule has 0 heterocycles. The molecule has 3 aromatic rings. The Hall–Kier alpha value is -3.32. The molecule has 0 fully saturated rings. The van der Waals surface area contributed by atoms with Crippen LogP contribution >= 0.6 is 30.6 Å². The highest BCUT2D eigenvalue weighted by Crippen LogP contribution is 2.46. The van der Waals surface area contributed by atoms with Gasteiger partial charge in [-0.25, -0.2) is 13.2 Å². The number of phenolic OH excluding ortho intramolecular Hbond substituents is 1. The fraction of sp³-hybridized carbons (Fsp3) is 0.154. The molecule has 3 rings (SSSR count). The Morgan fingerprint density at radius 1 is 1.08 bits per heavy atom. The predicted octanol–water partition coefficient (Wildman–Crippen LogP) is 4.09. The van der Waals surface area contributed by atoms with Crippen LogP contribution in [-0.2, 0) is 30.1 Å². The van der Waals surface area contributed by atoms with Crippen LogP contribution in [0.25, 0.3) is 0 Å². The van der Waals surface area contributed by atoms with Gasteiger partial charge < -0.3 is 20.1 Å². The Morgan fingerprint density at radius 3 is 2.28 bits per heavy atom. The first-order chi connectivity index (χ1) is 18.2. The van der Waals surface area contributed by atoms with E-state index in [4.69, 9.17) is 27.7 Å². The molecule has 0 spiro atoms. The monoisotopic (exact) mass is 609 g/mol. The Balaban J connectivity index is 1.87. The normalized spacial score (nSPS) is 13.4. The van der Waals surface area contributed by atoms with Crippen molar-refractivity contribution >= 4 is 57.6 Å². The van der Waals surface area contributed by atoms with E-state index in [1.165, 1.54) is 55.6 Å². The number of carboxylic acid groups (broad SMARTS) is 1. The highest BCUT2D eigenvalue weighted by atomic mass is 35.5. The van der Waals surface area contributed by atoms with E-state index in [1.807, 2.05) is 0 Å². The number of carboxylic acids is 1. The van der Waals surface area contributed by atoms with Crippen molar-refractivity contribution in [2.45, 2.75) is 17.4 Å². The number of aliphatic carboxylic acids is 1. The van der Waals surface area contributed by atoms with Crippen LogP contribution in [0.15, 0.2) is 65.6 Å². The van der Waals surface area contributed by atoms with Gasteiger partial charge in [-0.1, -0.05) is 53.4 Å². The van der Waals surface area contributed by atoms with Gasteiger partial charge in [-0.05, 0) is 47.6 Å². The molecular weight excluding hydrogens is 588 g/mol. The second-order valence-corrected chi connectivity index (χ2v) is 13.3. The Morgan fingerprint density at radius 2 is 1.72 bits per heavy atom. The molecule has 9 nitrogen and oxygen atoms in total. The summed E-state index contributed by atoms with van der Waals surface area (Å²) in [6.07, 6.45) is 0.822. The number of sulfone groups is 1. The summed E-state index contributed by atoms with van der Waals surface area (Å²) >= 11 is 12.6. The van der Waals surface area contributed by atoms with Gasteiger partial charge >= 0.3 is 13.3 Å². The van der Waals surface area contributed by atoms with Gasteiger partial charge in [0.15, 0.2) is 9.84 Å². The van der Waals surface area contributed by atoms with Gasteiger partial charge in [0.2, 0.25) is 0 Å². The molecule has 3 aromatic carbocycles. The molecule has 1 amide bonds. The minimum atomic E-state index is -3.77. The van der Waals surface area contributed by atoms with Gasteiger partial charge in [-0.3, -0.25) is 9.36 Å². The van der Waals surface area contributed by atoms with Gasteiger partial charge in [0.1, 0.15) is 11.8 Å². The molecule has 1 unspecified atom stereocenters. The third kappa shape index (κ3) is 7.41. The number of benzene rings is 3. The highest BCUT2D eigenvalue weighted by Gasteiger charge is 2.26. The topological polar surface area (TPSA) is 147 Å². The molecule has 2 atom stereocenters. The molecule has 0 radical (unpaired) electrons. The summed E-state index contributed by atoms with van der Waals surface area (Å²) in [5, 5.41) is 21.7. The van der Waals surface area contributed by atoms with Crippen molar-refractivity contribution in [3.8, 4) is 17.3 Å². The van der Waals surface area contributed by atoms with Gasteiger partial charge in [0, 0.05) is 25.3 Å². The van der Waals surface area contributed by atoms with E-state index in [-0.39, 0.29) is 43.5 Å². The lowest BCUT2D eigenvalue weighted by Gasteiger charge is -2.16. The second-order valence-electron chi connectivity index (χ2n) is 8.26. The third-order valence-electron chi connectivity index (χ3n) is 5.44. The van der Waals surface area contributed by atoms with Gasteiger partial charge in [-0.2, -0.15) is 0 Å². The number of amides is 1. The van der Waals surface area contributed by atoms with E-state index >= 15 is 0 Å². The van der Waals surface area contributed by atoms with Crippen LogP contribution in [0.4, 0.5) is 0 Å². The minimum Gasteiger partial charge on any atom is -0.507 e. The number of rotatable bonds is 8. The highest BCUT2D eigenvalue weighted by molar-refractivity contribution is 7.90. The maximum absolute atomic E-state index is 13.2.